The fraction of sp³-hybridized carbons (Fsp3) is 0.375. The molecule has 0 unspecified atom stereocenters. The van der Waals surface area contributed by atoms with Crippen molar-refractivity contribution in [3.8, 4) is 0 Å². The maximum absolute atomic E-state index is 12.1. The average molecular weight is 276 g/mol. The van der Waals surface area contributed by atoms with Gasteiger partial charge < -0.3 is 9.22 Å². The summed E-state index contributed by atoms with van der Waals surface area (Å²) >= 11 is 0. The Balaban J connectivity index is 2.47. The Bertz CT molecular complexity index is 492. The van der Waals surface area contributed by atoms with Gasteiger partial charge in [0.2, 0.25) is 5.78 Å². The van der Waals surface area contributed by atoms with Gasteiger partial charge in [-0.1, -0.05) is 36.9 Å². The van der Waals surface area contributed by atoms with Crippen molar-refractivity contribution in [1.29, 1.82) is 0 Å². The number of quaternary nitrogens is 1. The highest BCUT2D eigenvalue weighted by Crippen LogP contribution is 2.05. The number of carbonyl (C=O) groups excluding carboxylic acids is 2. The van der Waals surface area contributed by atoms with Gasteiger partial charge in [0.15, 0.2) is 0 Å². The van der Waals surface area contributed by atoms with Crippen molar-refractivity contribution < 1.29 is 18.8 Å². The van der Waals surface area contributed by atoms with Crippen LogP contribution >= 0.6 is 0 Å². The van der Waals surface area contributed by atoms with Gasteiger partial charge in [-0.3, -0.25) is 4.79 Å². The average Bonchev–Trinajstić information content (AvgIpc) is 2.38. The SMILES string of the molecule is C=C(C)C(=O)OCC[N+](C)(C)CC(=O)c1ccccc1. The van der Waals surface area contributed by atoms with Gasteiger partial charge in [0, 0.05) is 11.1 Å². The van der Waals surface area contributed by atoms with Crippen molar-refractivity contribution in [2.45, 2.75) is 6.92 Å². The minimum atomic E-state index is -0.389. The first kappa shape index (κ1) is 16.1. The largest absolute Gasteiger partial charge is 0.456 e. The van der Waals surface area contributed by atoms with Crippen LogP contribution < -0.4 is 0 Å². The van der Waals surface area contributed by atoms with Crippen molar-refractivity contribution in [1.82, 2.24) is 0 Å². The van der Waals surface area contributed by atoms with E-state index in [-0.39, 0.29) is 18.4 Å². The number of hydrogen-bond acceptors (Lipinski definition) is 3. The molecule has 0 aromatic heterocycles. The van der Waals surface area contributed by atoms with E-state index in [0.29, 0.717) is 28.7 Å². The summed E-state index contributed by atoms with van der Waals surface area (Å²) in [6.45, 7) is 6.37. The van der Waals surface area contributed by atoms with E-state index >= 15 is 0 Å². The van der Waals surface area contributed by atoms with Crippen LogP contribution in [0.1, 0.15) is 17.3 Å². The summed E-state index contributed by atoms with van der Waals surface area (Å²) in [7, 11) is 3.88. The number of likely N-dealkylation sites (N-methyl/N-ethyl adjacent to an activating group) is 1. The highest BCUT2D eigenvalue weighted by Gasteiger charge is 2.21. The van der Waals surface area contributed by atoms with Gasteiger partial charge in [-0.15, -0.1) is 0 Å². The first-order chi connectivity index (χ1) is 9.32. The molecule has 4 heteroatoms. The minimum absolute atomic E-state index is 0.0850. The molecule has 0 aliphatic heterocycles. The monoisotopic (exact) mass is 276 g/mol. The molecule has 0 aliphatic carbocycles. The summed E-state index contributed by atoms with van der Waals surface area (Å²) in [6, 6.07) is 9.20. The Morgan fingerprint density at radius 2 is 1.80 bits per heavy atom. The van der Waals surface area contributed by atoms with Crippen LogP contribution in [-0.2, 0) is 9.53 Å². The van der Waals surface area contributed by atoms with E-state index in [0.717, 1.165) is 0 Å². The van der Waals surface area contributed by atoms with Crippen LogP contribution in [0.25, 0.3) is 0 Å². The number of esters is 1. The summed E-state index contributed by atoms with van der Waals surface area (Å²) < 4.78 is 5.53. The van der Waals surface area contributed by atoms with Crippen LogP contribution in [0.2, 0.25) is 0 Å². The molecule has 0 aliphatic rings. The predicted molar refractivity (Wildman–Crippen MR) is 78.4 cm³/mol. The molecule has 0 fully saturated rings. The lowest BCUT2D eigenvalue weighted by molar-refractivity contribution is -0.882. The molecular weight excluding hydrogens is 254 g/mol. The molecular formula is C16H22NO3+. The number of hydrogen-bond donors (Lipinski definition) is 0. The lowest BCUT2D eigenvalue weighted by Crippen LogP contribution is -2.46. The molecule has 108 valence electrons. The molecule has 0 saturated carbocycles. The molecule has 0 heterocycles. The third-order valence-corrected chi connectivity index (χ3v) is 2.95. The Kier molecular flexibility index (Phi) is 5.65. The topological polar surface area (TPSA) is 43.4 Å². The first-order valence-electron chi connectivity index (χ1n) is 6.55. The fourth-order valence-corrected chi connectivity index (χ4v) is 1.69. The Morgan fingerprint density at radius 1 is 1.20 bits per heavy atom. The zero-order valence-corrected chi connectivity index (χ0v) is 12.4. The number of Topliss-reactive ketones (excluding diaryl/α,β-unsaturated/α-hetero) is 1. The molecule has 0 radical (unpaired) electrons. The molecule has 0 spiro atoms. The first-order valence-corrected chi connectivity index (χ1v) is 6.55. The molecule has 0 amide bonds. The van der Waals surface area contributed by atoms with E-state index in [2.05, 4.69) is 6.58 Å². The van der Waals surface area contributed by atoms with Crippen LogP contribution in [-0.4, -0.2) is 50.0 Å². The van der Waals surface area contributed by atoms with Gasteiger partial charge in [0.25, 0.3) is 0 Å². The smallest absolute Gasteiger partial charge is 0.333 e. The Morgan fingerprint density at radius 3 is 2.35 bits per heavy atom. The van der Waals surface area contributed by atoms with Gasteiger partial charge in [0.05, 0.1) is 14.1 Å². The number of carbonyl (C=O) groups is 2. The van der Waals surface area contributed by atoms with Gasteiger partial charge in [-0.05, 0) is 6.92 Å². The van der Waals surface area contributed by atoms with Gasteiger partial charge in [0.1, 0.15) is 19.7 Å². The number of ketones is 1. The lowest BCUT2D eigenvalue weighted by atomic mass is 10.1. The van der Waals surface area contributed by atoms with Crippen LogP contribution in [0.4, 0.5) is 0 Å². The summed E-state index contributed by atoms with van der Waals surface area (Å²) in [5.74, 6) is -0.304. The quantitative estimate of drug-likeness (QED) is 0.331. The zero-order chi connectivity index (χ0) is 15.2. The maximum Gasteiger partial charge on any atom is 0.333 e. The molecule has 0 N–H and O–H groups in total. The molecule has 4 nitrogen and oxygen atoms in total. The van der Waals surface area contributed by atoms with E-state index in [9.17, 15) is 9.59 Å². The van der Waals surface area contributed by atoms with Gasteiger partial charge >= 0.3 is 5.97 Å². The van der Waals surface area contributed by atoms with E-state index < -0.39 is 0 Å². The second-order valence-corrected chi connectivity index (χ2v) is 5.52. The summed E-state index contributed by atoms with van der Waals surface area (Å²) in [5.41, 5.74) is 1.09. The molecule has 1 aromatic rings. The van der Waals surface area contributed by atoms with Crippen molar-refractivity contribution in [2.75, 3.05) is 33.8 Å². The van der Waals surface area contributed by atoms with Gasteiger partial charge in [-0.25, -0.2) is 4.79 Å². The third kappa shape index (κ3) is 5.36. The van der Waals surface area contributed by atoms with Crippen molar-refractivity contribution in [3.63, 3.8) is 0 Å². The highest BCUT2D eigenvalue weighted by molar-refractivity contribution is 5.96. The molecule has 0 atom stereocenters. The molecule has 0 bridgehead atoms. The minimum Gasteiger partial charge on any atom is -0.456 e. The lowest BCUT2D eigenvalue weighted by Gasteiger charge is -2.28. The zero-order valence-electron chi connectivity index (χ0n) is 12.4. The van der Waals surface area contributed by atoms with Crippen LogP contribution in [0.3, 0.4) is 0 Å². The van der Waals surface area contributed by atoms with Crippen molar-refractivity contribution >= 4 is 11.8 Å². The second-order valence-electron chi connectivity index (χ2n) is 5.52. The van der Waals surface area contributed by atoms with Crippen LogP contribution in [0, 0.1) is 0 Å². The maximum atomic E-state index is 12.1. The molecule has 20 heavy (non-hydrogen) atoms. The van der Waals surface area contributed by atoms with E-state index in [4.69, 9.17) is 4.74 Å². The van der Waals surface area contributed by atoms with E-state index in [1.807, 2.05) is 44.4 Å². The summed E-state index contributed by atoms with van der Waals surface area (Å²) in [5, 5.41) is 0. The predicted octanol–water partition coefficient (Wildman–Crippen LogP) is 2.06. The summed E-state index contributed by atoms with van der Waals surface area (Å²) in [6.07, 6.45) is 0. The molecule has 1 rings (SSSR count). The van der Waals surface area contributed by atoms with E-state index in [1.54, 1.807) is 6.92 Å². The standard InChI is InChI=1S/C16H22NO3/c1-13(2)16(19)20-11-10-17(3,4)12-15(18)14-8-6-5-7-9-14/h5-9H,1,10-12H2,2-4H3/q+1. The fourth-order valence-electron chi connectivity index (χ4n) is 1.69. The Hall–Kier alpha value is -1.94. The molecule has 0 saturated heterocycles. The van der Waals surface area contributed by atoms with Crippen molar-refractivity contribution in [2.24, 2.45) is 0 Å². The van der Waals surface area contributed by atoms with Gasteiger partial charge in [-0.2, -0.15) is 0 Å². The number of nitrogens with zero attached hydrogens (tertiary/aromatic N) is 1. The van der Waals surface area contributed by atoms with Crippen LogP contribution in [0.15, 0.2) is 42.5 Å². The molecule has 1 aromatic carbocycles. The van der Waals surface area contributed by atoms with E-state index in [1.165, 1.54) is 0 Å². The highest BCUT2D eigenvalue weighted by atomic mass is 16.5. The van der Waals surface area contributed by atoms with Crippen molar-refractivity contribution in [3.05, 3.63) is 48.0 Å². The summed E-state index contributed by atoms with van der Waals surface area (Å²) in [4.78, 5) is 23.4. The number of ether oxygens (including phenoxy) is 1. The Labute approximate surface area is 120 Å². The third-order valence-electron chi connectivity index (χ3n) is 2.95. The van der Waals surface area contributed by atoms with Crippen LogP contribution in [0.5, 0.6) is 0 Å². The number of benzene rings is 1. The number of rotatable bonds is 7. The second kappa shape index (κ2) is 7.01. The normalized spacial score (nSPS) is 10.9.